The number of hydrogen-bond acceptors (Lipinski definition) is 4. The van der Waals surface area contributed by atoms with Crippen molar-refractivity contribution in [1.29, 1.82) is 0 Å². The van der Waals surface area contributed by atoms with Gasteiger partial charge in [0.05, 0.1) is 12.2 Å². The summed E-state index contributed by atoms with van der Waals surface area (Å²) in [6, 6.07) is 4.44. The van der Waals surface area contributed by atoms with E-state index in [0.717, 1.165) is 0 Å². The molecule has 5 heteroatoms. The third-order valence-corrected chi connectivity index (χ3v) is 3.52. The van der Waals surface area contributed by atoms with E-state index in [4.69, 9.17) is 9.84 Å². The number of aliphatic hydroxyl groups is 2. The molecule has 1 aromatic rings. The van der Waals surface area contributed by atoms with Gasteiger partial charge in [-0.1, -0.05) is 0 Å². The fourth-order valence-corrected chi connectivity index (χ4v) is 2.39. The largest absolute Gasteiger partial charge is 0.392 e. The molecule has 1 aromatic carbocycles. The molecule has 1 aliphatic heterocycles. The highest BCUT2D eigenvalue weighted by molar-refractivity contribution is 5.48. The molecule has 0 atom stereocenters. The molecule has 1 fully saturated rings. The summed E-state index contributed by atoms with van der Waals surface area (Å²) in [5, 5.41) is 19.5. The molecule has 0 aromatic heterocycles. The van der Waals surface area contributed by atoms with Gasteiger partial charge >= 0.3 is 0 Å². The standard InChI is InChI=1S/C14H20FNO3/c1-16(10-14(18)2-4-19-5-3-14)13-7-11(9-17)6-12(15)8-13/h6-8,17-18H,2-5,9-10H2,1H3. The van der Waals surface area contributed by atoms with Crippen LogP contribution in [-0.4, -0.2) is 42.6 Å². The van der Waals surface area contributed by atoms with Crippen molar-refractivity contribution in [1.82, 2.24) is 0 Å². The van der Waals surface area contributed by atoms with E-state index in [1.165, 1.54) is 12.1 Å². The van der Waals surface area contributed by atoms with Crippen LogP contribution in [0.2, 0.25) is 0 Å². The number of rotatable bonds is 4. The van der Waals surface area contributed by atoms with Gasteiger partial charge in [0.2, 0.25) is 0 Å². The van der Waals surface area contributed by atoms with E-state index in [9.17, 15) is 9.50 Å². The van der Waals surface area contributed by atoms with Crippen LogP contribution in [0.15, 0.2) is 18.2 Å². The quantitative estimate of drug-likeness (QED) is 0.865. The molecular weight excluding hydrogens is 249 g/mol. The molecule has 0 spiro atoms. The Morgan fingerprint density at radius 1 is 1.32 bits per heavy atom. The first-order valence-electron chi connectivity index (χ1n) is 6.44. The fraction of sp³-hybridized carbons (Fsp3) is 0.571. The molecule has 19 heavy (non-hydrogen) atoms. The van der Waals surface area contributed by atoms with Crippen molar-refractivity contribution in [3.63, 3.8) is 0 Å². The van der Waals surface area contributed by atoms with Crippen molar-refractivity contribution in [3.8, 4) is 0 Å². The molecule has 2 rings (SSSR count). The molecule has 0 amide bonds. The number of likely N-dealkylation sites (N-methyl/N-ethyl adjacent to an activating group) is 1. The van der Waals surface area contributed by atoms with Gasteiger partial charge in [-0.2, -0.15) is 0 Å². The Morgan fingerprint density at radius 3 is 2.63 bits per heavy atom. The second-order valence-corrected chi connectivity index (χ2v) is 5.17. The monoisotopic (exact) mass is 269 g/mol. The van der Waals surface area contributed by atoms with Crippen molar-refractivity contribution in [2.24, 2.45) is 0 Å². The third-order valence-electron chi connectivity index (χ3n) is 3.52. The minimum atomic E-state index is -0.793. The maximum Gasteiger partial charge on any atom is 0.125 e. The van der Waals surface area contributed by atoms with Gasteiger partial charge in [0, 0.05) is 45.3 Å². The SMILES string of the molecule is CN(CC1(O)CCOCC1)c1cc(F)cc(CO)c1. The van der Waals surface area contributed by atoms with Crippen LogP contribution in [0, 0.1) is 5.82 Å². The number of halogens is 1. The fourth-order valence-electron chi connectivity index (χ4n) is 2.39. The van der Waals surface area contributed by atoms with E-state index in [1.807, 2.05) is 11.9 Å². The lowest BCUT2D eigenvalue weighted by Crippen LogP contribution is -2.45. The van der Waals surface area contributed by atoms with Crippen molar-refractivity contribution < 1.29 is 19.3 Å². The molecule has 1 saturated heterocycles. The maximum atomic E-state index is 13.4. The zero-order valence-electron chi connectivity index (χ0n) is 11.1. The van der Waals surface area contributed by atoms with Crippen molar-refractivity contribution >= 4 is 5.69 Å². The third kappa shape index (κ3) is 3.65. The molecule has 1 aliphatic rings. The zero-order chi connectivity index (χ0) is 13.9. The summed E-state index contributed by atoms with van der Waals surface area (Å²) in [5.41, 5.74) is 0.392. The van der Waals surface area contributed by atoms with Gasteiger partial charge < -0.3 is 19.8 Å². The number of aliphatic hydroxyl groups excluding tert-OH is 1. The van der Waals surface area contributed by atoms with E-state index >= 15 is 0 Å². The molecule has 0 bridgehead atoms. The number of nitrogens with zero attached hydrogens (tertiary/aromatic N) is 1. The first-order chi connectivity index (χ1) is 9.02. The highest BCUT2D eigenvalue weighted by atomic mass is 19.1. The van der Waals surface area contributed by atoms with Crippen LogP contribution < -0.4 is 4.90 Å². The summed E-state index contributed by atoms with van der Waals surface area (Å²) in [4.78, 5) is 1.81. The first-order valence-corrected chi connectivity index (χ1v) is 6.44. The topological polar surface area (TPSA) is 52.9 Å². The van der Waals surface area contributed by atoms with Gasteiger partial charge in [-0.15, -0.1) is 0 Å². The number of hydrogen-bond donors (Lipinski definition) is 2. The van der Waals surface area contributed by atoms with Crippen LogP contribution in [0.5, 0.6) is 0 Å². The lowest BCUT2D eigenvalue weighted by Gasteiger charge is -2.36. The van der Waals surface area contributed by atoms with Gasteiger partial charge in [0.25, 0.3) is 0 Å². The van der Waals surface area contributed by atoms with Gasteiger partial charge in [-0.25, -0.2) is 4.39 Å². The predicted octanol–water partition coefficient (Wildman–Crippen LogP) is 1.30. The van der Waals surface area contributed by atoms with E-state index in [2.05, 4.69) is 0 Å². The zero-order valence-corrected chi connectivity index (χ0v) is 11.1. The predicted molar refractivity (Wildman–Crippen MR) is 70.6 cm³/mol. The lowest BCUT2D eigenvalue weighted by molar-refractivity contribution is -0.0572. The minimum absolute atomic E-state index is 0.198. The van der Waals surface area contributed by atoms with Gasteiger partial charge in [-0.05, 0) is 23.8 Å². The highest BCUT2D eigenvalue weighted by Crippen LogP contribution is 2.25. The summed E-state index contributed by atoms with van der Waals surface area (Å²) in [5.74, 6) is -0.382. The number of ether oxygens (including phenoxy) is 1. The van der Waals surface area contributed by atoms with E-state index in [0.29, 0.717) is 43.9 Å². The number of benzene rings is 1. The van der Waals surface area contributed by atoms with E-state index < -0.39 is 5.60 Å². The molecular formula is C14H20FNO3. The van der Waals surface area contributed by atoms with Crippen LogP contribution in [0.1, 0.15) is 18.4 Å². The van der Waals surface area contributed by atoms with Crippen LogP contribution in [0.3, 0.4) is 0 Å². The number of anilines is 1. The summed E-state index contributed by atoms with van der Waals surface area (Å²) in [7, 11) is 1.81. The molecule has 2 N–H and O–H groups in total. The molecule has 106 valence electrons. The Hall–Kier alpha value is -1.17. The van der Waals surface area contributed by atoms with Crippen LogP contribution in [0.25, 0.3) is 0 Å². The van der Waals surface area contributed by atoms with Crippen LogP contribution in [-0.2, 0) is 11.3 Å². The van der Waals surface area contributed by atoms with Gasteiger partial charge in [0.15, 0.2) is 0 Å². The summed E-state index contributed by atoms with van der Waals surface area (Å²) in [6.45, 7) is 1.33. The van der Waals surface area contributed by atoms with Crippen LogP contribution >= 0.6 is 0 Å². The lowest BCUT2D eigenvalue weighted by atomic mass is 9.93. The highest BCUT2D eigenvalue weighted by Gasteiger charge is 2.31. The maximum absolute atomic E-state index is 13.4. The summed E-state index contributed by atoms with van der Waals surface area (Å²) < 4.78 is 18.7. The molecule has 0 aliphatic carbocycles. The summed E-state index contributed by atoms with van der Waals surface area (Å²) in [6.07, 6.45) is 1.17. The Morgan fingerprint density at radius 2 is 2.00 bits per heavy atom. The normalized spacial score (nSPS) is 18.3. The molecule has 4 nitrogen and oxygen atoms in total. The average Bonchev–Trinajstić information content (AvgIpc) is 2.38. The smallest absolute Gasteiger partial charge is 0.125 e. The summed E-state index contributed by atoms with van der Waals surface area (Å²) >= 11 is 0. The minimum Gasteiger partial charge on any atom is -0.392 e. The average molecular weight is 269 g/mol. The molecule has 0 unspecified atom stereocenters. The molecule has 1 heterocycles. The molecule has 0 radical (unpaired) electrons. The van der Waals surface area contributed by atoms with Crippen LogP contribution in [0.4, 0.5) is 10.1 Å². The van der Waals surface area contributed by atoms with E-state index in [-0.39, 0.29) is 12.4 Å². The first kappa shape index (κ1) is 14.2. The Kier molecular flexibility index (Phi) is 4.39. The van der Waals surface area contributed by atoms with Crippen molar-refractivity contribution in [2.45, 2.75) is 25.0 Å². The Labute approximate surface area is 112 Å². The van der Waals surface area contributed by atoms with Gasteiger partial charge in [-0.3, -0.25) is 0 Å². The Balaban J connectivity index is 2.10. The van der Waals surface area contributed by atoms with Crippen molar-refractivity contribution in [2.75, 3.05) is 31.7 Å². The van der Waals surface area contributed by atoms with E-state index in [1.54, 1.807) is 6.07 Å². The second kappa shape index (κ2) is 5.86. The second-order valence-electron chi connectivity index (χ2n) is 5.17. The molecule has 0 saturated carbocycles. The van der Waals surface area contributed by atoms with Crippen molar-refractivity contribution in [3.05, 3.63) is 29.6 Å². The van der Waals surface area contributed by atoms with Gasteiger partial charge in [0.1, 0.15) is 5.82 Å². The Bertz CT molecular complexity index is 433.